The van der Waals surface area contributed by atoms with E-state index >= 15 is 0 Å². The van der Waals surface area contributed by atoms with Crippen LogP contribution in [0.2, 0.25) is 0 Å². The van der Waals surface area contributed by atoms with Crippen molar-refractivity contribution in [3.8, 4) is 5.75 Å². The molecule has 120 valence electrons. The van der Waals surface area contributed by atoms with Crippen LogP contribution in [0.1, 0.15) is 15.9 Å². The van der Waals surface area contributed by atoms with E-state index in [1.165, 1.54) is 0 Å². The summed E-state index contributed by atoms with van der Waals surface area (Å²) in [6.07, 6.45) is 0. The van der Waals surface area contributed by atoms with E-state index in [2.05, 4.69) is 21.2 Å². The molecule has 6 heteroatoms. The molecule has 2 rings (SSSR count). The monoisotopic (exact) mass is 377 g/mol. The molecule has 0 saturated carbocycles. The number of amides is 1. The van der Waals surface area contributed by atoms with Crippen molar-refractivity contribution in [1.82, 2.24) is 0 Å². The lowest BCUT2D eigenvalue weighted by Gasteiger charge is -2.08. The van der Waals surface area contributed by atoms with Crippen LogP contribution >= 0.6 is 15.9 Å². The maximum atomic E-state index is 11.9. The molecule has 0 radical (unpaired) electrons. The van der Waals surface area contributed by atoms with Crippen molar-refractivity contribution in [2.75, 3.05) is 19.0 Å². The van der Waals surface area contributed by atoms with Crippen LogP contribution in [0.5, 0.6) is 5.75 Å². The Morgan fingerprint density at radius 1 is 1.13 bits per heavy atom. The van der Waals surface area contributed by atoms with Gasteiger partial charge >= 0.3 is 5.97 Å². The third kappa shape index (κ3) is 4.82. The first-order chi connectivity index (χ1) is 11.0. The average molecular weight is 378 g/mol. The molecule has 0 atom stereocenters. The highest BCUT2D eigenvalue weighted by Gasteiger charge is 2.11. The number of hydrogen-bond donors (Lipinski definition) is 1. The summed E-state index contributed by atoms with van der Waals surface area (Å²) in [7, 11) is 1.54. The largest absolute Gasteiger partial charge is 0.497 e. The molecule has 5 nitrogen and oxygen atoms in total. The Bertz CT molecular complexity index is 713. The van der Waals surface area contributed by atoms with Gasteiger partial charge in [-0.3, -0.25) is 4.79 Å². The normalized spacial score (nSPS) is 10.0. The fourth-order valence-corrected chi connectivity index (χ4v) is 2.11. The second-order valence-corrected chi connectivity index (χ2v) is 5.67. The molecule has 1 amide bonds. The molecule has 23 heavy (non-hydrogen) atoms. The van der Waals surface area contributed by atoms with Crippen molar-refractivity contribution >= 4 is 33.5 Å². The lowest BCUT2D eigenvalue weighted by atomic mass is 10.2. The number of aryl methyl sites for hydroxylation is 1. The van der Waals surface area contributed by atoms with Crippen molar-refractivity contribution in [3.05, 3.63) is 58.1 Å². The highest BCUT2D eigenvalue weighted by molar-refractivity contribution is 9.10. The highest BCUT2D eigenvalue weighted by Crippen LogP contribution is 2.20. The van der Waals surface area contributed by atoms with Gasteiger partial charge < -0.3 is 14.8 Å². The molecule has 0 heterocycles. The molecule has 0 aromatic heterocycles. The van der Waals surface area contributed by atoms with Crippen LogP contribution in [-0.2, 0) is 9.53 Å². The van der Waals surface area contributed by atoms with E-state index in [1.807, 2.05) is 19.1 Å². The van der Waals surface area contributed by atoms with E-state index in [-0.39, 0.29) is 6.61 Å². The number of carbonyl (C=O) groups is 2. The Labute approximate surface area is 142 Å². The summed E-state index contributed by atoms with van der Waals surface area (Å²) in [5, 5.41) is 2.68. The molecule has 0 bridgehead atoms. The number of methoxy groups -OCH3 is 1. The smallest absolute Gasteiger partial charge is 0.338 e. The molecule has 2 aromatic rings. The van der Waals surface area contributed by atoms with E-state index in [0.717, 1.165) is 10.0 Å². The number of nitrogens with one attached hydrogen (secondary N) is 1. The summed E-state index contributed by atoms with van der Waals surface area (Å²) in [6, 6.07) is 11.9. The molecule has 0 aliphatic carbocycles. The third-order valence-electron chi connectivity index (χ3n) is 3.10. The van der Waals surface area contributed by atoms with Crippen molar-refractivity contribution in [3.63, 3.8) is 0 Å². The molecule has 0 saturated heterocycles. The standard InChI is InChI=1S/C17H16BrNO4/c1-11-9-13(5-8-15(11)18)19-16(20)10-23-17(21)12-3-6-14(22-2)7-4-12/h3-9H,10H2,1-2H3,(H,19,20). The first-order valence-corrected chi connectivity index (χ1v) is 7.66. The van der Waals surface area contributed by atoms with Crippen LogP contribution in [0.4, 0.5) is 5.69 Å². The molecule has 0 unspecified atom stereocenters. The molecule has 0 spiro atoms. The predicted octanol–water partition coefficient (Wildman–Crippen LogP) is 3.56. The van der Waals surface area contributed by atoms with Gasteiger partial charge in [0.15, 0.2) is 6.61 Å². The third-order valence-corrected chi connectivity index (χ3v) is 3.99. The molecule has 0 aliphatic heterocycles. The van der Waals surface area contributed by atoms with E-state index in [0.29, 0.717) is 17.0 Å². The number of rotatable bonds is 5. The fraction of sp³-hybridized carbons (Fsp3) is 0.176. The molecule has 2 aromatic carbocycles. The van der Waals surface area contributed by atoms with Crippen molar-refractivity contribution < 1.29 is 19.1 Å². The number of esters is 1. The van der Waals surface area contributed by atoms with Gasteiger partial charge in [0.05, 0.1) is 12.7 Å². The van der Waals surface area contributed by atoms with E-state index in [4.69, 9.17) is 9.47 Å². The number of benzene rings is 2. The molecular weight excluding hydrogens is 362 g/mol. The summed E-state index contributed by atoms with van der Waals surface area (Å²) >= 11 is 3.39. The first-order valence-electron chi connectivity index (χ1n) is 6.87. The maximum absolute atomic E-state index is 11.9. The van der Waals surface area contributed by atoms with Crippen LogP contribution in [0.15, 0.2) is 46.9 Å². The van der Waals surface area contributed by atoms with Crippen molar-refractivity contribution in [2.45, 2.75) is 6.92 Å². The Balaban J connectivity index is 1.87. The predicted molar refractivity (Wildman–Crippen MR) is 90.8 cm³/mol. The topological polar surface area (TPSA) is 64.6 Å². The highest BCUT2D eigenvalue weighted by atomic mass is 79.9. The average Bonchev–Trinajstić information content (AvgIpc) is 2.56. The Morgan fingerprint density at radius 2 is 1.83 bits per heavy atom. The molecule has 0 aliphatic rings. The molecule has 1 N–H and O–H groups in total. The van der Waals surface area contributed by atoms with Gasteiger partial charge in [0, 0.05) is 10.2 Å². The number of halogens is 1. The van der Waals surface area contributed by atoms with Gasteiger partial charge in [0.2, 0.25) is 0 Å². The first kappa shape index (κ1) is 17.0. The lowest BCUT2D eigenvalue weighted by Crippen LogP contribution is -2.21. The summed E-state index contributed by atoms with van der Waals surface area (Å²) < 4.78 is 11.0. The van der Waals surface area contributed by atoms with Gasteiger partial charge in [-0.15, -0.1) is 0 Å². The van der Waals surface area contributed by atoms with Gasteiger partial charge in [-0.2, -0.15) is 0 Å². The van der Waals surface area contributed by atoms with Crippen LogP contribution < -0.4 is 10.1 Å². The quantitative estimate of drug-likeness (QED) is 0.809. The number of carbonyl (C=O) groups excluding carboxylic acids is 2. The Kier molecular flexibility index (Phi) is 5.76. The zero-order chi connectivity index (χ0) is 16.8. The maximum Gasteiger partial charge on any atom is 0.338 e. The summed E-state index contributed by atoms with van der Waals surface area (Å²) in [5.41, 5.74) is 2.01. The van der Waals surface area contributed by atoms with E-state index in [9.17, 15) is 9.59 Å². The number of hydrogen-bond acceptors (Lipinski definition) is 4. The van der Waals surface area contributed by atoms with E-state index in [1.54, 1.807) is 37.4 Å². The zero-order valence-electron chi connectivity index (χ0n) is 12.8. The van der Waals surface area contributed by atoms with Crippen molar-refractivity contribution in [2.24, 2.45) is 0 Å². The second kappa shape index (κ2) is 7.78. The van der Waals surface area contributed by atoms with Gasteiger partial charge in [0.25, 0.3) is 5.91 Å². The zero-order valence-corrected chi connectivity index (χ0v) is 14.3. The second-order valence-electron chi connectivity index (χ2n) is 4.82. The van der Waals surface area contributed by atoms with E-state index < -0.39 is 11.9 Å². The summed E-state index contributed by atoms with van der Waals surface area (Å²) in [4.78, 5) is 23.7. The molecule has 0 fully saturated rings. The lowest BCUT2D eigenvalue weighted by molar-refractivity contribution is -0.119. The van der Waals surface area contributed by atoms with Crippen molar-refractivity contribution in [1.29, 1.82) is 0 Å². The Morgan fingerprint density at radius 3 is 2.43 bits per heavy atom. The summed E-state index contributed by atoms with van der Waals surface area (Å²) in [6.45, 7) is 1.57. The van der Waals surface area contributed by atoms with Gasteiger partial charge in [0.1, 0.15) is 5.75 Å². The van der Waals surface area contributed by atoms with Crippen LogP contribution in [-0.4, -0.2) is 25.6 Å². The number of ether oxygens (including phenoxy) is 2. The SMILES string of the molecule is COc1ccc(C(=O)OCC(=O)Nc2ccc(Br)c(C)c2)cc1. The fourth-order valence-electron chi connectivity index (χ4n) is 1.86. The summed E-state index contributed by atoms with van der Waals surface area (Å²) in [5.74, 6) is -0.312. The molecular formula is C17H16BrNO4. The minimum Gasteiger partial charge on any atom is -0.497 e. The van der Waals surface area contributed by atoms with Crippen LogP contribution in [0.25, 0.3) is 0 Å². The van der Waals surface area contributed by atoms with Gasteiger partial charge in [-0.05, 0) is 55.0 Å². The van der Waals surface area contributed by atoms with Crippen LogP contribution in [0.3, 0.4) is 0 Å². The minimum atomic E-state index is -0.560. The number of anilines is 1. The van der Waals surface area contributed by atoms with Gasteiger partial charge in [-0.1, -0.05) is 15.9 Å². The van der Waals surface area contributed by atoms with Gasteiger partial charge in [-0.25, -0.2) is 4.79 Å². The Hall–Kier alpha value is -2.34. The van der Waals surface area contributed by atoms with Crippen LogP contribution in [0, 0.1) is 6.92 Å². The minimum absolute atomic E-state index is 0.347.